The van der Waals surface area contributed by atoms with Gasteiger partial charge in [0, 0.05) is 16.5 Å². The highest BCUT2D eigenvalue weighted by atomic mass is 35.5. The number of rotatable bonds is 10. The van der Waals surface area contributed by atoms with E-state index in [0.29, 0.717) is 11.6 Å². The van der Waals surface area contributed by atoms with Gasteiger partial charge in [-0.05, 0) is 75.1 Å². The van der Waals surface area contributed by atoms with Gasteiger partial charge >= 0.3 is 0 Å². The minimum absolute atomic E-state index is 0.0846. The van der Waals surface area contributed by atoms with E-state index >= 15 is 0 Å². The first-order valence-electron chi connectivity index (χ1n) is 9.43. The van der Waals surface area contributed by atoms with E-state index < -0.39 is 0 Å². The average Bonchev–Trinajstić information content (AvgIpc) is 2.65. The van der Waals surface area contributed by atoms with Crippen LogP contribution in [0.1, 0.15) is 39.2 Å². The molecule has 0 fully saturated rings. The number of benzene rings is 2. The molecule has 2 aromatic rings. The van der Waals surface area contributed by atoms with Crippen LogP contribution < -0.4 is 10.1 Å². The maximum absolute atomic E-state index is 12.4. The topological polar surface area (TPSA) is 38.3 Å². The van der Waals surface area contributed by atoms with Crippen LogP contribution in [0.2, 0.25) is 5.02 Å². The van der Waals surface area contributed by atoms with Crippen LogP contribution in [0.15, 0.2) is 53.4 Å². The molecular weight excluding hydrogens is 378 g/mol. The van der Waals surface area contributed by atoms with E-state index in [9.17, 15) is 4.79 Å². The lowest BCUT2D eigenvalue weighted by Crippen LogP contribution is -2.33. The first-order valence-corrected chi connectivity index (χ1v) is 10.7. The summed E-state index contributed by atoms with van der Waals surface area (Å²) in [6.07, 6.45) is 2.82. The van der Waals surface area contributed by atoms with Crippen LogP contribution in [0.25, 0.3) is 0 Å². The van der Waals surface area contributed by atoms with Gasteiger partial charge < -0.3 is 10.1 Å². The second-order valence-electron chi connectivity index (χ2n) is 6.67. The molecule has 0 bridgehead atoms. The van der Waals surface area contributed by atoms with Crippen LogP contribution in [-0.2, 0) is 11.2 Å². The van der Waals surface area contributed by atoms with Gasteiger partial charge in [0.1, 0.15) is 5.75 Å². The fourth-order valence-corrected chi connectivity index (χ4v) is 3.73. The first kappa shape index (κ1) is 21.6. The predicted octanol–water partition coefficient (Wildman–Crippen LogP) is 5.75. The van der Waals surface area contributed by atoms with Crippen LogP contribution >= 0.6 is 23.4 Å². The SMILES string of the molecule is CC[C@H](Sc1ccc(Cl)cc1)C(=O)NCCCc1ccc(OC(C)C)cc1. The van der Waals surface area contributed by atoms with Crippen molar-refractivity contribution in [3.63, 3.8) is 0 Å². The van der Waals surface area contributed by atoms with E-state index in [1.165, 1.54) is 5.56 Å². The minimum atomic E-state index is -0.0846. The van der Waals surface area contributed by atoms with Crippen molar-refractivity contribution in [2.24, 2.45) is 0 Å². The quantitative estimate of drug-likeness (QED) is 0.404. The van der Waals surface area contributed by atoms with Gasteiger partial charge in [0.25, 0.3) is 0 Å². The fourth-order valence-electron chi connectivity index (χ4n) is 2.62. The number of carbonyl (C=O) groups is 1. The molecular formula is C22H28ClNO2S. The molecule has 1 amide bonds. The third-order valence-electron chi connectivity index (χ3n) is 3.99. The molecule has 1 N–H and O–H groups in total. The zero-order valence-corrected chi connectivity index (χ0v) is 17.8. The molecule has 0 unspecified atom stereocenters. The standard InChI is InChI=1S/C22H28ClNO2S/c1-4-21(27-20-13-9-18(23)10-14-20)22(25)24-15-5-6-17-7-11-19(12-8-17)26-16(2)3/h7-14,16,21H,4-6,15H2,1-3H3,(H,24,25)/t21-/m0/s1. The number of halogens is 1. The molecule has 0 radical (unpaired) electrons. The van der Waals surface area contributed by atoms with Gasteiger partial charge in [0.2, 0.25) is 5.91 Å². The highest BCUT2D eigenvalue weighted by molar-refractivity contribution is 8.00. The van der Waals surface area contributed by atoms with Gasteiger partial charge in [0.15, 0.2) is 0 Å². The van der Waals surface area contributed by atoms with E-state index in [4.69, 9.17) is 16.3 Å². The Kier molecular flexibility index (Phi) is 9.02. The Morgan fingerprint density at radius 1 is 1.11 bits per heavy atom. The molecule has 146 valence electrons. The number of amides is 1. The van der Waals surface area contributed by atoms with E-state index in [-0.39, 0.29) is 17.3 Å². The van der Waals surface area contributed by atoms with E-state index in [1.807, 2.05) is 57.2 Å². The monoisotopic (exact) mass is 405 g/mol. The Morgan fingerprint density at radius 2 is 1.78 bits per heavy atom. The highest BCUT2D eigenvalue weighted by Gasteiger charge is 2.17. The molecule has 0 aliphatic rings. The summed E-state index contributed by atoms with van der Waals surface area (Å²) in [5.41, 5.74) is 1.25. The van der Waals surface area contributed by atoms with Crippen LogP contribution in [0, 0.1) is 0 Å². The third-order valence-corrected chi connectivity index (χ3v) is 5.62. The summed E-state index contributed by atoms with van der Waals surface area (Å²) >= 11 is 7.50. The Morgan fingerprint density at radius 3 is 2.37 bits per heavy atom. The minimum Gasteiger partial charge on any atom is -0.491 e. The molecule has 0 aliphatic carbocycles. The van der Waals surface area contributed by atoms with Crippen LogP contribution in [0.5, 0.6) is 5.75 Å². The number of ether oxygens (including phenoxy) is 1. The Labute approximate surface area is 171 Å². The Hall–Kier alpha value is -1.65. The van der Waals surface area contributed by atoms with Crippen LogP contribution in [-0.4, -0.2) is 23.8 Å². The lowest BCUT2D eigenvalue weighted by molar-refractivity contribution is -0.120. The molecule has 5 heteroatoms. The fraction of sp³-hybridized carbons (Fsp3) is 0.409. The molecule has 1 atom stereocenters. The second kappa shape index (κ2) is 11.3. The third kappa shape index (κ3) is 7.86. The van der Waals surface area contributed by atoms with Crippen molar-refractivity contribution in [2.45, 2.75) is 56.3 Å². The van der Waals surface area contributed by atoms with Crippen molar-refractivity contribution in [1.82, 2.24) is 5.32 Å². The summed E-state index contributed by atoms with van der Waals surface area (Å²) in [4.78, 5) is 13.5. The van der Waals surface area contributed by atoms with Crippen molar-refractivity contribution in [3.05, 3.63) is 59.1 Å². The van der Waals surface area contributed by atoms with Crippen molar-refractivity contribution >= 4 is 29.3 Å². The van der Waals surface area contributed by atoms with Crippen LogP contribution in [0.3, 0.4) is 0 Å². The predicted molar refractivity (Wildman–Crippen MR) is 115 cm³/mol. The zero-order valence-electron chi connectivity index (χ0n) is 16.2. The number of hydrogen-bond acceptors (Lipinski definition) is 3. The maximum atomic E-state index is 12.4. The smallest absolute Gasteiger partial charge is 0.233 e. The summed E-state index contributed by atoms with van der Waals surface area (Å²) in [6, 6.07) is 15.8. The van der Waals surface area contributed by atoms with Gasteiger partial charge in [-0.3, -0.25) is 4.79 Å². The highest BCUT2D eigenvalue weighted by Crippen LogP contribution is 2.26. The lowest BCUT2D eigenvalue weighted by Gasteiger charge is -2.15. The summed E-state index contributed by atoms with van der Waals surface area (Å²) in [6.45, 7) is 6.76. The zero-order chi connectivity index (χ0) is 19.6. The van der Waals surface area contributed by atoms with Gasteiger partial charge in [-0.1, -0.05) is 30.7 Å². The van der Waals surface area contributed by atoms with Crippen molar-refractivity contribution in [3.8, 4) is 5.75 Å². The van der Waals surface area contributed by atoms with Crippen molar-refractivity contribution in [1.29, 1.82) is 0 Å². The largest absolute Gasteiger partial charge is 0.491 e. The number of carbonyl (C=O) groups excluding carboxylic acids is 1. The van der Waals surface area contributed by atoms with Gasteiger partial charge in [-0.25, -0.2) is 0 Å². The lowest BCUT2D eigenvalue weighted by atomic mass is 10.1. The molecule has 0 spiro atoms. The molecule has 27 heavy (non-hydrogen) atoms. The Balaban J connectivity index is 1.73. The average molecular weight is 406 g/mol. The van der Waals surface area contributed by atoms with Gasteiger partial charge in [-0.2, -0.15) is 0 Å². The summed E-state index contributed by atoms with van der Waals surface area (Å²) in [5, 5.41) is 3.69. The first-order chi connectivity index (χ1) is 13.0. The Bertz CT molecular complexity index is 701. The molecule has 0 saturated heterocycles. The van der Waals surface area contributed by atoms with Gasteiger partial charge in [0.05, 0.1) is 11.4 Å². The molecule has 0 aliphatic heterocycles. The molecule has 0 aromatic heterocycles. The summed E-state index contributed by atoms with van der Waals surface area (Å²) < 4.78 is 5.65. The van der Waals surface area contributed by atoms with E-state index in [2.05, 4.69) is 17.4 Å². The number of hydrogen-bond donors (Lipinski definition) is 1. The molecule has 0 heterocycles. The number of aryl methyl sites for hydroxylation is 1. The van der Waals surface area contributed by atoms with E-state index in [1.54, 1.807) is 11.8 Å². The molecule has 3 nitrogen and oxygen atoms in total. The molecule has 0 saturated carbocycles. The summed E-state index contributed by atoms with van der Waals surface area (Å²) in [7, 11) is 0. The maximum Gasteiger partial charge on any atom is 0.233 e. The van der Waals surface area contributed by atoms with Gasteiger partial charge in [-0.15, -0.1) is 11.8 Å². The van der Waals surface area contributed by atoms with Crippen molar-refractivity contribution < 1.29 is 9.53 Å². The second-order valence-corrected chi connectivity index (χ2v) is 8.39. The summed E-state index contributed by atoms with van der Waals surface area (Å²) in [5.74, 6) is 0.991. The van der Waals surface area contributed by atoms with Crippen molar-refractivity contribution in [2.75, 3.05) is 6.54 Å². The molecule has 2 rings (SSSR count). The van der Waals surface area contributed by atoms with Crippen LogP contribution in [0.4, 0.5) is 0 Å². The van der Waals surface area contributed by atoms with E-state index in [0.717, 1.165) is 29.9 Å². The number of thioether (sulfide) groups is 1. The molecule has 2 aromatic carbocycles. The number of nitrogens with one attached hydrogen (secondary N) is 1. The normalized spacial score (nSPS) is 12.0.